The van der Waals surface area contributed by atoms with Gasteiger partial charge in [0.15, 0.2) is 0 Å². The summed E-state index contributed by atoms with van der Waals surface area (Å²) >= 11 is 0. The van der Waals surface area contributed by atoms with E-state index in [2.05, 4.69) is 48.4 Å². The summed E-state index contributed by atoms with van der Waals surface area (Å²) in [7, 11) is 4.34. The number of piperidine rings is 1. The van der Waals surface area contributed by atoms with E-state index in [9.17, 15) is 4.79 Å². The third kappa shape index (κ3) is 2.77. The molecule has 136 valence electrons. The molecule has 0 aliphatic carbocycles. The number of likely N-dealkylation sites (tertiary alicyclic amines) is 1. The first-order valence-corrected chi connectivity index (χ1v) is 9.30. The first kappa shape index (κ1) is 16.7. The van der Waals surface area contributed by atoms with Crippen molar-refractivity contribution in [3.63, 3.8) is 0 Å². The van der Waals surface area contributed by atoms with Gasteiger partial charge in [0.05, 0.1) is 6.17 Å². The predicted molar refractivity (Wildman–Crippen MR) is 97.8 cm³/mol. The standard InChI is InChI=1S/C19H28N4O2/c1-19-9-12-21(2)17(19)22(3)16-8-7-14(13-15(16)19)25-18(24)20-23-10-5-4-6-11-23/h7-8,13,17H,4-6,9-12H2,1-3H3,(H,20,24)/t17?,19-/m0/s1. The number of carbonyl (C=O) groups is 1. The summed E-state index contributed by atoms with van der Waals surface area (Å²) in [6.07, 6.45) is 4.59. The van der Waals surface area contributed by atoms with Crippen LogP contribution >= 0.6 is 0 Å². The van der Waals surface area contributed by atoms with Crippen LogP contribution in [0.2, 0.25) is 0 Å². The van der Waals surface area contributed by atoms with Gasteiger partial charge in [-0.25, -0.2) is 9.80 Å². The van der Waals surface area contributed by atoms with Crippen LogP contribution in [0.25, 0.3) is 0 Å². The maximum Gasteiger partial charge on any atom is 0.427 e. The number of amides is 1. The van der Waals surface area contributed by atoms with Gasteiger partial charge in [0, 0.05) is 37.8 Å². The molecule has 4 rings (SSSR count). The molecular weight excluding hydrogens is 316 g/mol. The van der Waals surface area contributed by atoms with E-state index in [1.165, 1.54) is 17.7 Å². The Balaban J connectivity index is 1.50. The van der Waals surface area contributed by atoms with Gasteiger partial charge < -0.3 is 9.64 Å². The molecule has 25 heavy (non-hydrogen) atoms. The van der Waals surface area contributed by atoms with E-state index in [1.54, 1.807) is 0 Å². The second kappa shape index (κ2) is 6.18. The monoisotopic (exact) mass is 344 g/mol. The first-order valence-electron chi connectivity index (χ1n) is 9.30. The zero-order chi connectivity index (χ0) is 17.6. The molecule has 1 aromatic rings. The third-order valence-electron chi connectivity index (χ3n) is 6.12. The molecule has 3 heterocycles. The molecule has 3 aliphatic rings. The average Bonchev–Trinajstić information content (AvgIpc) is 3.01. The Bertz CT molecular complexity index is 673. The van der Waals surface area contributed by atoms with Crippen LogP contribution in [-0.4, -0.2) is 55.9 Å². The smallest absolute Gasteiger partial charge is 0.409 e. The van der Waals surface area contributed by atoms with Crippen molar-refractivity contribution in [2.24, 2.45) is 0 Å². The van der Waals surface area contributed by atoms with Crippen molar-refractivity contribution in [2.75, 3.05) is 38.6 Å². The molecule has 0 saturated carbocycles. The van der Waals surface area contributed by atoms with Crippen LogP contribution in [0.3, 0.4) is 0 Å². The van der Waals surface area contributed by atoms with Crippen molar-refractivity contribution < 1.29 is 9.53 Å². The number of nitrogens with one attached hydrogen (secondary N) is 1. The van der Waals surface area contributed by atoms with Gasteiger partial charge in [0.25, 0.3) is 0 Å². The first-order chi connectivity index (χ1) is 12.0. The normalized spacial score (nSPS) is 29.4. The minimum absolute atomic E-state index is 0.0849. The van der Waals surface area contributed by atoms with Gasteiger partial charge in [0.1, 0.15) is 5.75 Å². The molecule has 0 aromatic heterocycles. The maximum absolute atomic E-state index is 12.2. The molecule has 6 heteroatoms. The third-order valence-corrected chi connectivity index (χ3v) is 6.12. The summed E-state index contributed by atoms with van der Waals surface area (Å²) in [5.41, 5.74) is 5.47. The Kier molecular flexibility index (Phi) is 4.12. The Hall–Kier alpha value is -1.79. The summed E-state index contributed by atoms with van der Waals surface area (Å²) in [4.78, 5) is 17.0. The molecule has 0 bridgehead atoms. The number of hydrazine groups is 1. The molecule has 1 N–H and O–H groups in total. The summed E-state index contributed by atoms with van der Waals surface area (Å²) in [6, 6.07) is 6.03. The number of benzene rings is 1. The van der Waals surface area contributed by atoms with E-state index in [0.29, 0.717) is 11.9 Å². The SMILES string of the molecule is CN1CC[C@@]2(C)c3cc(OC(=O)NN4CCCCC4)ccc3N(C)C12. The van der Waals surface area contributed by atoms with E-state index in [-0.39, 0.29) is 5.41 Å². The highest BCUT2D eigenvalue weighted by molar-refractivity contribution is 5.72. The Labute approximate surface area is 149 Å². The number of hydrogen-bond acceptors (Lipinski definition) is 5. The molecule has 1 amide bonds. The summed E-state index contributed by atoms with van der Waals surface area (Å²) in [5.74, 6) is 0.623. The summed E-state index contributed by atoms with van der Waals surface area (Å²) < 4.78 is 5.57. The molecule has 0 radical (unpaired) electrons. The van der Waals surface area contributed by atoms with Crippen molar-refractivity contribution in [1.82, 2.24) is 15.3 Å². The van der Waals surface area contributed by atoms with Crippen LogP contribution in [0.15, 0.2) is 18.2 Å². The van der Waals surface area contributed by atoms with E-state index in [0.717, 1.165) is 38.9 Å². The van der Waals surface area contributed by atoms with Gasteiger partial charge >= 0.3 is 6.09 Å². The molecular formula is C19H28N4O2. The van der Waals surface area contributed by atoms with E-state index in [4.69, 9.17) is 4.74 Å². The highest BCUT2D eigenvalue weighted by Crippen LogP contribution is 2.51. The van der Waals surface area contributed by atoms with Crippen LogP contribution in [0.4, 0.5) is 10.5 Å². The summed E-state index contributed by atoms with van der Waals surface area (Å²) in [6.45, 7) is 5.21. The van der Waals surface area contributed by atoms with Crippen LogP contribution in [-0.2, 0) is 5.41 Å². The van der Waals surface area contributed by atoms with Crippen molar-refractivity contribution in [3.05, 3.63) is 23.8 Å². The van der Waals surface area contributed by atoms with E-state index in [1.807, 2.05) is 11.1 Å². The highest BCUT2D eigenvalue weighted by Gasteiger charge is 2.52. The topological polar surface area (TPSA) is 48.1 Å². The van der Waals surface area contributed by atoms with Crippen molar-refractivity contribution >= 4 is 11.8 Å². The number of carbonyl (C=O) groups excluding carboxylic acids is 1. The summed E-state index contributed by atoms with van der Waals surface area (Å²) in [5, 5.41) is 1.95. The Morgan fingerprint density at radius 2 is 1.96 bits per heavy atom. The number of hydrogen-bond donors (Lipinski definition) is 1. The molecule has 3 aliphatic heterocycles. The van der Waals surface area contributed by atoms with Crippen LogP contribution < -0.4 is 15.1 Å². The van der Waals surface area contributed by atoms with Crippen molar-refractivity contribution in [1.29, 1.82) is 0 Å². The molecule has 2 saturated heterocycles. The fourth-order valence-electron chi connectivity index (χ4n) is 4.88. The highest BCUT2D eigenvalue weighted by atomic mass is 16.6. The molecule has 1 aromatic carbocycles. The van der Waals surface area contributed by atoms with Crippen LogP contribution in [0, 0.1) is 0 Å². The van der Waals surface area contributed by atoms with Gasteiger partial charge in [-0.2, -0.15) is 0 Å². The quantitative estimate of drug-likeness (QED) is 0.893. The lowest BCUT2D eigenvalue weighted by Crippen LogP contribution is -2.46. The van der Waals surface area contributed by atoms with Gasteiger partial charge in [-0.15, -0.1) is 0 Å². The Morgan fingerprint density at radius 3 is 2.72 bits per heavy atom. The lowest BCUT2D eigenvalue weighted by Gasteiger charge is -2.32. The van der Waals surface area contributed by atoms with Gasteiger partial charge in [0.2, 0.25) is 0 Å². The Morgan fingerprint density at radius 1 is 1.20 bits per heavy atom. The number of fused-ring (bicyclic) bond motifs is 3. The van der Waals surface area contributed by atoms with Gasteiger partial charge in [-0.05, 0) is 50.1 Å². The van der Waals surface area contributed by atoms with E-state index >= 15 is 0 Å². The molecule has 1 unspecified atom stereocenters. The van der Waals surface area contributed by atoms with Crippen LogP contribution in [0.1, 0.15) is 38.2 Å². The molecule has 0 spiro atoms. The zero-order valence-corrected chi connectivity index (χ0v) is 15.4. The molecule has 6 nitrogen and oxygen atoms in total. The fourth-order valence-corrected chi connectivity index (χ4v) is 4.88. The van der Waals surface area contributed by atoms with Crippen LogP contribution in [0.5, 0.6) is 5.75 Å². The molecule has 2 fully saturated rings. The number of ether oxygens (including phenoxy) is 1. The minimum Gasteiger partial charge on any atom is -0.409 e. The van der Waals surface area contributed by atoms with Crippen molar-refractivity contribution in [3.8, 4) is 5.75 Å². The fraction of sp³-hybridized carbons (Fsp3) is 0.632. The minimum atomic E-state index is -0.390. The number of anilines is 1. The number of likely N-dealkylation sites (N-methyl/N-ethyl adjacent to an activating group) is 2. The lowest BCUT2D eigenvalue weighted by atomic mass is 9.81. The van der Waals surface area contributed by atoms with Gasteiger partial charge in [-0.3, -0.25) is 10.3 Å². The lowest BCUT2D eigenvalue weighted by molar-refractivity contribution is 0.129. The number of rotatable bonds is 2. The van der Waals surface area contributed by atoms with Crippen molar-refractivity contribution in [2.45, 2.75) is 44.2 Å². The molecule has 2 atom stereocenters. The second-order valence-corrected chi connectivity index (χ2v) is 7.86. The second-order valence-electron chi connectivity index (χ2n) is 7.86. The van der Waals surface area contributed by atoms with Gasteiger partial charge in [-0.1, -0.05) is 13.3 Å². The largest absolute Gasteiger partial charge is 0.427 e. The predicted octanol–water partition coefficient (Wildman–Crippen LogP) is 2.55. The maximum atomic E-state index is 12.2. The number of nitrogens with zero attached hydrogens (tertiary/aromatic N) is 3. The average molecular weight is 344 g/mol. The van der Waals surface area contributed by atoms with E-state index < -0.39 is 6.09 Å². The zero-order valence-electron chi connectivity index (χ0n) is 15.4.